The van der Waals surface area contributed by atoms with Crippen LogP contribution in [0.5, 0.6) is 5.75 Å². The van der Waals surface area contributed by atoms with Crippen LogP contribution < -0.4 is 10.1 Å². The van der Waals surface area contributed by atoms with Gasteiger partial charge in [-0.25, -0.2) is 0 Å². The van der Waals surface area contributed by atoms with Crippen molar-refractivity contribution in [1.29, 1.82) is 0 Å². The summed E-state index contributed by atoms with van der Waals surface area (Å²) >= 11 is 5.83. The molecule has 0 unspecified atom stereocenters. The number of carboxylic acids is 1. The number of nitrogens with one attached hydrogen (secondary N) is 1. The average molecular weight is 348 g/mol. The van der Waals surface area contributed by atoms with E-state index in [4.69, 9.17) is 21.4 Å². The van der Waals surface area contributed by atoms with Crippen LogP contribution in [0.4, 0.5) is 5.69 Å². The first kappa shape index (κ1) is 17.8. The number of halogens is 1. The second-order valence-electron chi connectivity index (χ2n) is 5.79. The number of anilines is 1. The fraction of sp³-hybridized carbons (Fsp3) is 0.222. The van der Waals surface area contributed by atoms with Gasteiger partial charge in [0, 0.05) is 10.7 Å². The topological polar surface area (TPSA) is 75.6 Å². The zero-order valence-electron chi connectivity index (χ0n) is 13.4. The Morgan fingerprint density at radius 3 is 2.21 bits per heavy atom. The number of amides is 1. The van der Waals surface area contributed by atoms with Crippen LogP contribution in [0.15, 0.2) is 48.5 Å². The minimum Gasteiger partial charge on any atom is -0.481 e. The minimum absolute atomic E-state index is 0.0562. The van der Waals surface area contributed by atoms with E-state index in [1.165, 1.54) is 0 Å². The van der Waals surface area contributed by atoms with Gasteiger partial charge in [-0.15, -0.1) is 0 Å². The highest BCUT2D eigenvalue weighted by Crippen LogP contribution is 2.22. The van der Waals surface area contributed by atoms with Gasteiger partial charge in [0.1, 0.15) is 5.75 Å². The zero-order valence-corrected chi connectivity index (χ0v) is 14.1. The van der Waals surface area contributed by atoms with Gasteiger partial charge >= 0.3 is 5.97 Å². The van der Waals surface area contributed by atoms with Gasteiger partial charge < -0.3 is 15.2 Å². The summed E-state index contributed by atoms with van der Waals surface area (Å²) in [6.07, 6.45) is -0.0562. The maximum Gasteiger partial charge on any atom is 0.307 e. The van der Waals surface area contributed by atoms with E-state index >= 15 is 0 Å². The van der Waals surface area contributed by atoms with Crippen molar-refractivity contribution in [3.63, 3.8) is 0 Å². The van der Waals surface area contributed by atoms with Crippen LogP contribution in [-0.2, 0) is 16.0 Å². The normalized spacial score (nSPS) is 11.0. The van der Waals surface area contributed by atoms with Crippen LogP contribution in [-0.4, -0.2) is 22.6 Å². The Labute approximate surface area is 145 Å². The summed E-state index contributed by atoms with van der Waals surface area (Å²) in [5, 5.41) is 12.1. The molecular formula is C18H18ClNO4. The van der Waals surface area contributed by atoms with E-state index in [1.54, 1.807) is 62.4 Å². The maximum absolute atomic E-state index is 12.4. The molecule has 2 aromatic carbocycles. The first-order chi connectivity index (χ1) is 11.3. The molecule has 0 saturated carbocycles. The summed E-state index contributed by atoms with van der Waals surface area (Å²) in [7, 11) is 0. The number of ether oxygens (including phenoxy) is 1. The fourth-order valence-electron chi connectivity index (χ4n) is 2.01. The highest BCUT2D eigenvalue weighted by Gasteiger charge is 2.30. The van der Waals surface area contributed by atoms with Crippen LogP contribution in [0, 0.1) is 0 Å². The Morgan fingerprint density at radius 2 is 1.67 bits per heavy atom. The van der Waals surface area contributed by atoms with Crippen molar-refractivity contribution in [2.75, 3.05) is 5.32 Å². The molecule has 0 aliphatic rings. The highest BCUT2D eigenvalue weighted by molar-refractivity contribution is 6.30. The molecule has 2 rings (SSSR count). The molecular weight excluding hydrogens is 330 g/mol. The summed E-state index contributed by atoms with van der Waals surface area (Å²) in [5.74, 6) is -0.677. The molecule has 0 fully saturated rings. The van der Waals surface area contributed by atoms with Crippen molar-refractivity contribution in [2.24, 2.45) is 0 Å². The highest BCUT2D eigenvalue weighted by atomic mass is 35.5. The summed E-state index contributed by atoms with van der Waals surface area (Å²) in [6, 6.07) is 13.4. The molecule has 2 aromatic rings. The van der Waals surface area contributed by atoms with Crippen LogP contribution in [0.1, 0.15) is 19.4 Å². The molecule has 0 aliphatic carbocycles. The van der Waals surface area contributed by atoms with Crippen molar-refractivity contribution >= 4 is 29.2 Å². The van der Waals surface area contributed by atoms with Gasteiger partial charge in [0.25, 0.3) is 5.91 Å². The molecule has 0 aromatic heterocycles. The molecule has 1 amide bonds. The van der Waals surface area contributed by atoms with Crippen molar-refractivity contribution in [3.05, 3.63) is 59.1 Å². The Balaban J connectivity index is 2.01. The maximum atomic E-state index is 12.4. The van der Waals surface area contributed by atoms with E-state index in [9.17, 15) is 9.59 Å². The molecule has 0 heterocycles. The van der Waals surface area contributed by atoms with Gasteiger partial charge in [-0.2, -0.15) is 0 Å². The average Bonchev–Trinajstić information content (AvgIpc) is 2.51. The molecule has 126 valence electrons. The van der Waals surface area contributed by atoms with Gasteiger partial charge in [0.05, 0.1) is 6.42 Å². The van der Waals surface area contributed by atoms with E-state index in [0.29, 0.717) is 22.0 Å². The fourth-order valence-corrected chi connectivity index (χ4v) is 2.13. The number of aliphatic carboxylic acids is 1. The standard InChI is InChI=1S/C18H18ClNO4/c1-18(2,24-15-9-5-13(19)6-10-15)17(23)20-14-7-3-12(4-8-14)11-16(21)22/h3-10H,11H2,1-2H3,(H,20,23)(H,21,22). The first-order valence-corrected chi connectivity index (χ1v) is 7.71. The van der Waals surface area contributed by atoms with E-state index in [2.05, 4.69) is 5.32 Å². The second kappa shape index (κ2) is 7.36. The Morgan fingerprint density at radius 1 is 1.08 bits per heavy atom. The van der Waals surface area contributed by atoms with Crippen molar-refractivity contribution in [2.45, 2.75) is 25.9 Å². The molecule has 6 heteroatoms. The summed E-state index contributed by atoms with van der Waals surface area (Å²) in [6.45, 7) is 3.32. The largest absolute Gasteiger partial charge is 0.481 e. The lowest BCUT2D eigenvalue weighted by Gasteiger charge is -2.25. The molecule has 0 radical (unpaired) electrons. The number of hydrogen-bond acceptors (Lipinski definition) is 3. The molecule has 0 spiro atoms. The van der Waals surface area contributed by atoms with Crippen molar-refractivity contribution in [3.8, 4) is 5.75 Å². The third-order valence-corrected chi connectivity index (χ3v) is 3.55. The molecule has 2 N–H and O–H groups in total. The van der Waals surface area contributed by atoms with Crippen LogP contribution >= 0.6 is 11.6 Å². The predicted molar refractivity (Wildman–Crippen MR) is 92.6 cm³/mol. The smallest absolute Gasteiger partial charge is 0.307 e. The summed E-state index contributed by atoms with van der Waals surface area (Å²) in [5.41, 5.74) is 0.146. The molecule has 0 saturated heterocycles. The Bertz CT molecular complexity index is 724. The number of carbonyl (C=O) groups excluding carboxylic acids is 1. The van der Waals surface area contributed by atoms with Crippen molar-refractivity contribution in [1.82, 2.24) is 0 Å². The quantitative estimate of drug-likeness (QED) is 0.834. The first-order valence-electron chi connectivity index (χ1n) is 7.33. The van der Waals surface area contributed by atoms with Crippen molar-refractivity contribution < 1.29 is 19.4 Å². The van der Waals surface area contributed by atoms with Crippen LogP contribution in [0.3, 0.4) is 0 Å². The van der Waals surface area contributed by atoms with E-state index in [1.807, 2.05) is 0 Å². The minimum atomic E-state index is -1.09. The van der Waals surface area contributed by atoms with E-state index < -0.39 is 11.6 Å². The SMILES string of the molecule is CC(C)(Oc1ccc(Cl)cc1)C(=O)Nc1ccc(CC(=O)O)cc1. The zero-order chi connectivity index (χ0) is 17.7. The van der Waals surface area contributed by atoms with E-state index in [0.717, 1.165) is 0 Å². The van der Waals surface area contributed by atoms with Gasteiger partial charge in [-0.3, -0.25) is 9.59 Å². The molecule has 0 atom stereocenters. The summed E-state index contributed by atoms with van der Waals surface area (Å²) in [4.78, 5) is 23.1. The lowest BCUT2D eigenvalue weighted by atomic mass is 10.1. The molecule has 5 nitrogen and oxygen atoms in total. The Hall–Kier alpha value is -2.53. The number of rotatable bonds is 6. The third kappa shape index (κ3) is 4.99. The van der Waals surface area contributed by atoms with Gasteiger partial charge in [0.15, 0.2) is 5.60 Å². The van der Waals surface area contributed by atoms with Crippen LogP contribution in [0.2, 0.25) is 5.02 Å². The number of carbonyl (C=O) groups is 2. The number of benzene rings is 2. The number of carboxylic acid groups (broad SMARTS) is 1. The van der Waals surface area contributed by atoms with Gasteiger partial charge in [-0.05, 0) is 55.8 Å². The van der Waals surface area contributed by atoms with Crippen LogP contribution in [0.25, 0.3) is 0 Å². The molecule has 0 bridgehead atoms. The third-order valence-electron chi connectivity index (χ3n) is 3.30. The van der Waals surface area contributed by atoms with Gasteiger partial charge in [0.2, 0.25) is 0 Å². The monoisotopic (exact) mass is 347 g/mol. The Kier molecular flexibility index (Phi) is 5.46. The second-order valence-corrected chi connectivity index (χ2v) is 6.22. The van der Waals surface area contributed by atoms with Gasteiger partial charge in [-0.1, -0.05) is 23.7 Å². The molecule has 0 aliphatic heterocycles. The summed E-state index contributed by atoms with van der Waals surface area (Å²) < 4.78 is 5.72. The lowest BCUT2D eigenvalue weighted by Crippen LogP contribution is -2.42. The predicted octanol–water partition coefficient (Wildman–Crippen LogP) is 3.76. The number of hydrogen-bond donors (Lipinski definition) is 2. The molecule has 24 heavy (non-hydrogen) atoms. The lowest BCUT2D eigenvalue weighted by molar-refractivity contribution is -0.136. The van der Waals surface area contributed by atoms with E-state index in [-0.39, 0.29) is 12.3 Å².